The Kier molecular flexibility index (Phi) is 4.60. The summed E-state index contributed by atoms with van der Waals surface area (Å²) in [7, 11) is 0. The maximum absolute atomic E-state index is 11.8. The van der Waals surface area contributed by atoms with E-state index in [-0.39, 0.29) is 18.6 Å². The Morgan fingerprint density at radius 3 is 3.24 bits per heavy atom. The minimum absolute atomic E-state index is 0.0465. The Morgan fingerprint density at radius 2 is 2.38 bits per heavy atom. The molecule has 0 spiro atoms. The first kappa shape index (κ1) is 14.2. The van der Waals surface area contributed by atoms with Crippen molar-refractivity contribution in [3.63, 3.8) is 0 Å². The highest BCUT2D eigenvalue weighted by molar-refractivity contribution is 5.78. The monoisotopic (exact) mass is 290 g/mol. The molecule has 1 aromatic carbocycles. The van der Waals surface area contributed by atoms with E-state index in [0.29, 0.717) is 6.54 Å². The summed E-state index contributed by atoms with van der Waals surface area (Å²) in [5.74, 6) is 0.665. The van der Waals surface area contributed by atoms with Gasteiger partial charge in [0.2, 0.25) is 0 Å². The molecule has 0 aliphatic carbocycles. The fraction of sp³-hybridized carbons (Fsp3) is 0.562. The van der Waals surface area contributed by atoms with E-state index in [1.54, 1.807) is 0 Å². The highest BCUT2D eigenvalue weighted by Gasteiger charge is 2.17. The van der Waals surface area contributed by atoms with Gasteiger partial charge in [0.05, 0.1) is 11.8 Å². The molecule has 0 bridgehead atoms. The molecule has 0 radical (unpaired) electrons. The average Bonchev–Trinajstić information content (AvgIpc) is 3.04. The molecular weight excluding hydrogens is 268 g/mol. The van der Waals surface area contributed by atoms with Gasteiger partial charge in [-0.2, -0.15) is 0 Å². The van der Waals surface area contributed by atoms with Crippen molar-refractivity contribution in [3.05, 3.63) is 23.8 Å². The lowest BCUT2D eigenvalue weighted by molar-refractivity contribution is -0.123. The van der Waals surface area contributed by atoms with Gasteiger partial charge in [-0.25, -0.2) is 0 Å². The molecule has 2 heterocycles. The molecule has 2 aliphatic rings. The van der Waals surface area contributed by atoms with Gasteiger partial charge in [-0.15, -0.1) is 0 Å². The van der Waals surface area contributed by atoms with Crippen molar-refractivity contribution in [3.8, 4) is 5.75 Å². The van der Waals surface area contributed by atoms with Gasteiger partial charge in [0.25, 0.3) is 5.91 Å². The molecule has 1 atom stereocenters. The molecule has 0 aromatic heterocycles. The Balaban J connectivity index is 1.49. The Bertz CT molecular complexity index is 498. The molecule has 1 unspecified atom stereocenters. The minimum Gasteiger partial charge on any atom is -0.482 e. The smallest absolute Gasteiger partial charge is 0.258 e. The molecule has 21 heavy (non-hydrogen) atoms. The zero-order valence-electron chi connectivity index (χ0n) is 12.2. The highest BCUT2D eigenvalue weighted by Crippen LogP contribution is 2.31. The van der Waals surface area contributed by atoms with Crippen LogP contribution in [-0.2, 0) is 16.0 Å². The summed E-state index contributed by atoms with van der Waals surface area (Å²) < 4.78 is 11.1. The number of anilines is 1. The summed E-state index contributed by atoms with van der Waals surface area (Å²) in [6, 6.07) is 5.99. The number of para-hydroxylation sites is 1. The van der Waals surface area contributed by atoms with E-state index in [0.717, 1.165) is 50.3 Å². The van der Waals surface area contributed by atoms with Crippen molar-refractivity contribution in [2.75, 3.05) is 31.6 Å². The van der Waals surface area contributed by atoms with Gasteiger partial charge in [-0.3, -0.25) is 4.79 Å². The molecule has 1 fully saturated rings. The number of carbonyl (C=O) groups is 1. The van der Waals surface area contributed by atoms with Gasteiger partial charge in [-0.1, -0.05) is 12.1 Å². The Labute approximate surface area is 125 Å². The lowest BCUT2D eigenvalue weighted by Gasteiger charge is -2.21. The number of fused-ring (bicyclic) bond motifs is 1. The molecule has 1 aromatic rings. The number of nitrogens with one attached hydrogen (secondary N) is 2. The molecule has 2 aliphatic heterocycles. The summed E-state index contributed by atoms with van der Waals surface area (Å²) in [5.41, 5.74) is 2.30. The molecule has 1 saturated heterocycles. The van der Waals surface area contributed by atoms with Gasteiger partial charge in [0, 0.05) is 19.7 Å². The van der Waals surface area contributed by atoms with E-state index in [2.05, 4.69) is 16.7 Å². The van der Waals surface area contributed by atoms with Crippen LogP contribution < -0.4 is 15.4 Å². The first-order valence-electron chi connectivity index (χ1n) is 7.70. The van der Waals surface area contributed by atoms with Crippen molar-refractivity contribution in [2.24, 2.45) is 0 Å². The third kappa shape index (κ3) is 3.67. The van der Waals surface area contributed by atoms with Crippen LogP contribution in [-0.4, -0.2) is 38.3 Å². The van der Waals surface area contributed by atoms with Crippen molar-refractivity contribution >= 4 is 11.6 Å². The fourth-order valence-corrected chi connectivity index (χ4v) is 2.83. The SMILES string of the molecule is O=C(COc1cccc2c1NCCC2)NCC1CCCO1. The van der Waals surface area contributed by atoms with E-state index in [4.69, 9.17) is 9.47 Å². The van der Waals surface area contributed by atoms with E-state index < -0.39 is 0 Å². The number of amides is 1. The van der Waals surface area contributed by atoms with Gasteiger partial charge in [0.1, 0.15) is 5.75 Å². The van der Waals surface area contributed by atoms with Crippen LogP contribution >= 0.6 is 0 Å². The van der Waals surface area contributed by atoms with Crippen LogP contribution in [0.25, 0.3) is 0 Å². The Hall–Kier alpha value is -1.75. The molecule has 5 nitrogen and oxygen atoms in total. The van der Waals surface area contributed by atoms with Crippen LogP contribution in [0, 0.1) is 0 Å². The normalized spacial score (nSPS) is 20.5. The second kappa shape index (κ2) is 6.80. The number of rotatable bonds is 5. The summed E-state index contributed by atoms with van der Waals surface area (Å²) in [5, 5.41) is 6.22. The van der Waals surface area contributed by atoms with E-state index in [9.17, 15) is 4.79 Å². The van der Waals surface area contributed by atoms with Gasteiger partial charge in [-0.05, 0) is 37.3 Å². The maximum Gasteiger partial charge on any atom is 0.258 e. The van der Waals surface area contributed by atoms with Crippen LogP contribution in [0.15, 0.2) is 18.2 Å². The predicted molar refractivity (Wildman–Crippen MR) is 80.7 cm³/mol. The van der Waals surface area contributed by atoms with Crippen LogP contribution in [0.5, 0.6) is 5.75 Å². The second-order valence-corrected chi connectivity index (χ2v) is 5.55. The zero-order chi connectivity index (χ0) is 14.5. The lowest BCUT2D eigenvalue weighted by Crippen LogP contribution is -2.35. The van der Waals surface area contributed by atoms with Crippen LogP contribution in [0.4, 0.5) is 5.69 Å². The molecule has 1 amide bonds. The third-order valence-electron chi connectivity index (χ3n) is 3.95. The van der Waals surface area contributed by atoms with Crippen LogP contribution in [0.2, 0.25) is 0 Å². The number of ether oxygens (including phenoxy) is 2. The molecule has 0 saturated carbocycles. The largest absolute Gasteiger partial charge is 0.482 e. The minimum atomic E-state index is -0.0982. The topological polar surface area (TPSA) is 59.6 Å². The number of hydrogen-bond acceptors (Lipinski definition) is 4. The van der Waals surface area contributed by atoms with Crippen molar-refractivity contribution in [1.29, 1.82) is 0 Å². The Morgan fingerprint density at radius 1 is 1.43 bits per heavy atom. The van der Waals surface area contributed by atoms with Crippen molar-refractivity contribution < 1.29 is 14.3 Å². The summed E-state index contributed by atoms with van der Waals surface area (Å²) >= 11 is 0. The number of hydrogen-bond donors (Lipinski definition) is 2. The van der Waals surface area contributed by atoms with E-state index in [1.807, 2.05) is 12.1 Å². The van der Waals surface area contributed by atoms with Crippen molar-refractivity contribution in [1.82, 2.24) is 5.32 Å². The van der Waals surface area contributed by atoms with Gasteiger partial charge < -0.3 is 20.1 Å². The standard InChI is InChI=1S/C16H22N2O3/c19-15(18-10-13-6-3-9-20-13)11-21-14-7-1-4-12-5-2-8-17-16(12)14/h1,4,7,13,17H,2-3,5-6,8-11H2,(H,18,19). The highest BCUT2D eigenvalue weighted by atomic mass is 16.5. The molecular formula is C16H22N2O3. The van der Waals surface area contributed by atoms with Crippen molar-refractivity contribution in [2.45, 2.75) is 31.8 Å². The third-order valence-corrected chi connectivity index (χ3v) is 3.95. The average molecular weight is 290 g/mol. The zero-order valence-corrected chi connectivity index (χ0v) is 12.2. The quantitative estimate of drug-likeness (QED) is 0.867. The number of aryl methyl sites for hydroxylation is 1. The van der Waals surface area contributed by atoms with Crippen LogP contribution in [0.1, 0.15) is 24.8 Å². The number of benzene rings is 1. The van der Waals surface area contributed by atoms with E-state index in [1.165, 1.54) is 5.56 Å². The summed E-state index contributed by atoms with van der Waals surface area (Å²) in [6.07, 6.45) is 4.47. The first-order valence-corrected chi connectivity index (χ1v) is 7.70. The molecule has 114 valence electrons. The molecule has 3 rings (SSSR count). The van der Waals surface area contributed by atoms with Gasteiger partial charge in [0.15, 0.2) is 6.61 Å². The number of carbonyl (C=O) groups excluding carboxylic acids is 1. The lowest BCUT2D eigenvalue weighted by atomic mass is 10.0. The molecule has 5 heteroatoms. The predicted octanol–water partition coefficient (Wildman–Crippen LogP) is 1.72. The fourth-order valence-electron chi connectivity index (χ4n) is 2.83. The first-order chi connectivity index (χ1) is 10.3. The van der Waals surface area contributed by atoms with E-state index >= 15 is 0 Å². The van der Waals surface area contributed by atoms with Crippen LogP contribution in [0.3, 0.4) is 0 Å². The molecule has 2 N–H and O–H groups in total. The summed E-state index contributed by atoms with van der Waals surface area (Å²) in [6.45, 7) is 2.38. The maximum atomic E-state index is 11.8. The van der Waals surface area contributed by atoms with Gasteiger partial charge >= 0.3 is 0 Å². The second-order valence-electron chi connectivity index (χ2n) is 5.55. The summed E-state index contributed by atoms with van der Waals surface area (Å²) in [4.78, 5) is 11.8.